The Labute approximate surface area is 169 Å². The Balaban J connectivity index is 1.77. The molecule has 0 radical (unpaired) electrons. The molecule has 1 aliphatic rings. The molecule has 4 nitrogen and oxygen atoms in total. The molecular formula is C23H23NO3S. The van der Waals surface area contributed by atoms with Crippen molar-refractivity contribution in [3.63, 3.8) is 0 Å². The van der Waals surface area contributed by atoms with E-state index in [1.807, 2.05) is 24.3 Å². The standard InChI is InChI=1S/C23H23NO3S/c1-16-6-3-4-9-21(16)28-23-17(2)7-5-8-19(23)20-14-18(25)15-22(27-20)24-10-12-26-13-11-24/h3-9,14-15H,10-13H2,1-2H3. The van der Waals surface area contributed by atoms with Crippen LogP contribution in [0.25, 0.3) is 11.3 Å². The quantitative estimate of drug-likeness (QED) is 0.630. The van der Waals surface area contributed by atoms with Crippen molar-refractivity contribution in [3.05, 3.63) is 75.9 Å². The minimum absolute atomic E-state index is 0.0453. The second-order valence-electron chi connectivity index (χ2n) is 6.91. The van der Waals surface area contributed by atoms with E-state index in [9.17, 15) is 4.79 Å². The van der Waals surface area contributed by atoms with Crippen molar-refractivity contribution in [1.82, 2.24) is 0 Å². The van der Waals surface area contributed by atoms with Crippen LogP contribution in [0.15, 0.2) is 73.6 Å². The Morgan fingerprint density at radius 1 is 0.929 bits per heavy atom. The van der Waals surface area contributed by atoms with Crippen LogP contribution in [-0.2, 0) is 4.74 Å². The fraction of sp³-hybridized carbons (Fsp3) is 0.261. The molecule has 0 spiro atoms. The van der Waals surface area contributed by atoms with Gasteiger partial charge in [0.15, 0.2) is 11.3 Å². The summed E-state index contributed by atoms with van der Waals surface area (Å²) in [4.78, 5) is 16.8. The fourth-order valence-electron chi connectivity index (χ4n) is 3.30. The van der Waals surface area contributed by atoms with Gasteiger partial charge < -0.3 is 14.1 Å². The van der Waals surface area contributed by atoms with Gasteiger partial charge in [-0.05, 0) is 31.0 Å². The van der Waals surface area contributed by atoms with Gasteiger partial charge in [-0.25, -0.2) is 0 Å². The first-order chi connectivity index (χ1) is 13.6. The molecule has 0 unspecified atom stereocenters. The number of hydrogen-bond acceptors (Lipinski definition) is 5. The van der Waals surface area contributed by atoms with Crippen LogP contribution in [0.1, 0.15) is 11.1 Å². The van der Waals surface area contributed by atoms with E-state index in [0.717, 1.165) is 29.1 Å². The maximum atomic E-state index is 12.4. The lowest BCUT2D eigenvalue weighted by Crippen LogP contribution is -2.36. The summed E-state index contributed by atoms with van der Waals surface area (Å²) in [5.74, 6) is 1.22. The summed E-state index contributed by atoms with van der Waals surface area (Å²) in [5.41, 5.74) is 3.28. The Morgan fingerprint density at radius 3 is 2.46 bits per heavy atom. The van der Waals surface area contributed by atoms with Crippen LogP contribution in [-0.4, -0.2) is 26.3 Å². The first kappa shape index (κ1) is 18.8. The van der Waals surface area contributed by atoms with Crippen molar-refractivity contribution >= 4 is 17.6 Å². The third-order valence-corrected chi connectivity index (χ3v) is 6.28. The Morgan fingerprint density at radius 2 is 1.68 bits per heavy atom. The van der Waals surface area contributed by atoms with Crippen molar-refractivity contribution in [2.24, 2.45) is 0 Å². The van der Waals surface area contributed by atoms with Crippen LogP contribution in [0, 0.1) is 13.8 Å². The van der Waals surface area contributed by atoms with Gasteiger partial charge in [0.05, 0.1) is 13.2 Å². The lowest BCUT2D eigenvalue weighted by Gasteiger charge is -2.27. The molecule has 0 amide bonds. The zero-order valence-electron chi connectivity index (χ0n) is 16.1. The fourth-order valence-corrected chi connectivity index (χ4v) is 4.40. The van der Waals surface area contributed by atoms with Gasteiger partial charge in [0.2, 0.25) is 0 Å². The minimum atomic E-state index is -0.0453. The van der Waals surface area contributed by atoms with Crippen LogP contribution in [0.3, 0.4) is 0 Å². The monoisotopic (exact) mass is 393 g/mol. The summed E-state index contributed by atoms with van der Waals surface area (Å²) in [6.45, 7) is 6.95. The largest absolute Gasteiger partial charge is 0.440 e. The highest BCUT2D eigenvalue weighted by molar-refractivity contribution is 7.99. The van der Waals surface area contributed by atoms with E-state index in [-0.39, 0.29) is 5.43 Å². The molecule has 28 heavy (non-hydrogen) atoms. The minimum Gasteiger partial charge on any atom is -0.440 e. The topological polar surface area (TPSA) is 42.7 Å². The smallest absolute Gasteiger partial charge is 0.200 e. The van der Waals surface area contributed by atoms with Crippen molar-refractivity contribution in [3.8, 4) is 11.3 Å². The van der Waals surface area contributed by atoms with Crippen molar-refractivity contribution in [1.29, 1.82) is 0 Å². The number of anilines is 1. The van der Waals surface area contributed by atoms with Crippen molar-refractivity contribution in [2.45, 2.75) is 23.6 Å². The number of hydrogen-bond donors (Lipinski definition) is 0. The number of morpholine rings is 1. The zero-order chi connectivity index (χ0) is 19.5. The van der Waals surface area contributed by atoms with Crippen LogP contribution in [0.4, 0.5) is 5.88 Å². The first-order valence-electron chi connectivity index (χ1n) is 9.43. The highest BCUT2D eigenvalue weighted by Gasteiger charge is 2.18. The molecule has 1 saturated heterocycles. The molecule has 0 atom stereocenters. The highest BCUT2D eigenvalue weighted by atomic mass is 32.2. The van der Waals surface area contributed by atoms with Crippen LogP contribution in [0.5, 0.6) is 0 Å². The molecule has 2 aromatic carbocycles. The molecule has 0 saturated carbocycles. The summed E-state index contributed by atoms with van der Waals surface area (Å²) in [6, 6.07) is 17.6. The lowest BCUT2D eigenvalue weighted by atomic mass is 10.1. The summed E-state index contributed by atoms with van der Waals surface area (Å²) >= 11 is 1.71. The molecule has 0 bridgehead atoms. The number of rotatable bonds is 4. The second kappa shape index (κ2) is 8.25. The van der Waals surface area contributed by atoms with E-state index in [1.165, 1.54) is 10.5 Å². The molecule has 0 N–H and O–H groups in total. The Kier molecular flexibility index (Phi) is 5.55. The van der Waals surface area contributed by atoms with E-state index in [1.54, 1.807) is 23.9 Å². The van der Waals surface area contributed by atoms with E-state index >= 15 is 0 Å². The van der Waals surface area contributed by atoms with Crippen molar-refractivity contribution < 1.29 is 9.15 Å². The Bertz CT molecular complexity index is 1040. The summed E-state index contributed by atoms with van der Waals surface area (Å²) < 4.78 is 11.6. The zero-order valence-corrected chi connectivity index (χ0v) is 16.9. The SMILES string of the molecule is Cc1ccccc1Sc1c(C)cccc1-c1cc(=O)cc(N2CCOCC2)o1. The number of nitrogens with zero attached hydrogens (tertiary/aromatic N) is 1. The molecule has 1 aliphatic heterocycles. The third kappa shape index (κ3) is 4.01. The number of ether oxygens (including phenoxy) is 1. The van der Waals surface area contributed by atoms with Gasteiger partial charge in [-0.3, -0.25) is 4.79 Å². The van der Waals surface area contributed by atoms with Crippen LogP contribution in [0.2, 0.25) is 0 Å². The molecule has 0 aliphatic carbocycles. The van der Waals surface area contributed by atoms with Crippen LogP contribution < -0.4 is 10.3 Å². The van der Waals surface area contributed by atoms with Gasteiger partial charge in [0.1, 0.15) is 5.76 Å². The molecular weight excluding hydrogens is 370 g/mol. The average molecular weight is 394 g/mol. The average Bonchev–Trinajstić information content (AvgIpc) is 2.71. The Hall–Kier alpha value is -2.50. The molecule has 2 heterocycles. The normalized spacial score (nSPS) is 14.3. The lowest BCUT2D eigenvalue weighted by molar-refractivity contribution is 0.120. The number of benzene rings is 2. The van der Waals surface area contributed by atoms with Gasteiger partial charge >= 0.3 is 0 Å². The van der Waals surface area contributed by atoms with Gasteiger partial charge in [0, 0.05) is 40.6 Å². The molecule has 3 aromatic rings. The molecule has 5 heteroatoms. The van der Waals surface area contributed by atoms with E-state index in [2.05, 4.69) is 36.9 Å². The van der Waals surface area contributed by atoms with E-state index < -0.39 is 0 Å². The summed E-state index contributed by atoms with van der Waals surface area (Å²) in [5, 5.41) is 0. The second-order valence-corrected chi connectivity index (χ2v) is 7.97. The molecule has 4 rings (SSSR count). The van der Waals surface area contributed by atoms with Gasteiger partial charge in [-0.2, -0.15) is 0 Å². The predicted molar refractivity (Wildman–Crippen MR) is 113 cm³/mol. The van der Waals surface area contributed by atoms with Crippen LogP contribution >= 0.6 is 11.8 Å². The first-order valence-corrected chi connectivity index (χ1v) is 10.2. The highest BCUT2D eigenvalue weighted by Crippen LogP contribution is 2.39. The molecule has 144 valence electrons. The summed E-state index contributed by atoms with van der Waals surface area (Å²) in [6.07, 6.45) is 0. The van der Waals surface area contributed by atoms with E-state index in [4.69, 9.17) is 9.15 Å². The maximum Gasteiger partial charge on any atom is 0.200 e. The number of aryl methyl sites for hydroxylation is 2. The summed E-state index contributed by atoms with van der Waals surface area (Å²) in [7, 11) is 0. The van der Waals surface area contributed by atoms with Gasteiger partial charge in [-0.1, -0.05) is 48.2 Å². The maximum absolute atomic E-state index is 12.4. The third-order valence-electron chi connectivity index (χ3n) is 4.86. The van der Waals surface area contributed by atoms with Crippen molar-refractivity contribution in [2.75, 3.05) is 31.2 Å². The van der Waals surface area contributed by atoms with Gasteiger partial charge in [-0.15, -0.1) is 0 Å². The molecule has 1 aromatic heterocycles. The molecule has 1 fully saturated rings. The van der Waals surface area contributed by atoms with E-state index in [0.29, 0.717) is 24.9 Å². The predicted octanol–water partition coefficient (Wildman–Crippen LogP) is 4.91. The van der Waals surface area contributed by atoms with Gasteiger partial charge in [0.25, 0.3) is 0 Å².